The molecule has 0 bridgehead atoms. The lowest BCUT2D eigenvalue weighted by atomic mass is 10.1. The summed E-state index contributed by atoms with van der Waals surface area (Å²) in [6, 6.07) is 6.66. The highest BCUT2D eigenvalue weighted by Gasteiger charge is 2.24. The van der Waals surface area contributed by atoms with Crippen molar-refractivity contribution in [2.45, 2.75) is 17.7 Å². The van der Waals surface area contributed by atoms with Crippen molar-refractivity contribution in [1.82, 2.24) is 10.2 Å². The van der Waals surface area contributed by atoms with Gasteiger partial charge in [-0.1, -0.05) is 0 Å². The van der Waals surface area contributed by atoms with Gasteiger partial charge in [-0.3, -0.25) is 4.99 Å². The molecule has 0 aromatic heterocycles. The molecule has 5 nitrogen and oxygen atoms in total. The Bertz CT molecular complexity index is 542. The van der Waals surface area contributed by atoms with Crippen LogP contribution in [0.2, 0.25) is 0 Å². The van der Waals surface area contributed by atoms with Gasteiger partial charge < -0.3 is 19.7 Å². The average Bonchev–Trinajstić information content (AvgIpc) is 3.12. The fourth-order valence-corrected chi connectivity index (χ4v) is 3.73. The summed E-state index contributed by atoms with van der Waals surface area (Å²) in [5, 5.41) is 3.45. The quantitative estimate of drug-likeness (QED) is 0.291. The third-order valence-corrected chi connectivity index (χ3v) is 5.37. The molecular weight excluding hydrogens is 353 g/mol. The molecule has 1 aliphatic rings. The first-order chi connectivity index (χ1) is 12.7. The largest absolute Gasteiger partial charge is 0.382 e. The molecule has 1 fully saturated rings. The van der Waals surface area contributed by atoms with Crippen LogP contribution in [0.5, 0.6) is 0 Å². The van der Waals surface area contributed by atoms with Gasteiger partial charge in [-0.05, 0) is 42.9 Å². The van der Waals surface area contributed by atoms with Crippen LogP contribution in [0, 0.1) is 11.7 Å². The topological polar surface area (TPSA) is 46.1 Å². The van der Waals surface area contributed by atoms with Crippen molar-refractivity contribution < 1.29 is 13.9 Å². The lowest BCUT2D eigenvalue weighted by Crippen LogP contribution is -2.40. The van der Waals surface area contributed by atoms with E-state index >= 15 is 0 Å². The van der Waals surface area contributed by atoms with Crippen LogP contribution in [0.1, 0.15) is 12.8 Å². The first-order valence-electron chi connectivity index (χ1n) is 9.13. The van der Waals surface area contributed by atoms with Crippen LogP contribution >= 0.6 is 11.8 Å². The number of hydrogen-bond donors (Lipinski definition) is 1. The van der Waals surface area contributed by atoms with Crippen LogP contribution in [-0.4, -0.2) is 70.2 Å². The number of hydrogen-bond acceptors (Lipinski definition) is 4. The number of likely N-dealkylation sites (tertiary alicyclic amines) is 1. The number of rotatable bonds is 10. The summed E-state index contributed by atoms with van der Waals surface area (Å²) in [6.45, 7) is 4.97. The third-order valence-electron chi connectivity index (χ3n) is 4.27. The molecule has 1 heterocycles. The number of nitrogens with one attached hydrogen (secondary N) is 1. The first kappa shape index (κ1) is 21.0. The Morgan fingerprint density at radius 1 is 1.35 bits per heavy atom. The predicted octanol–water partition coefficient (Wildman–Crippen LogP) is 2.87. The van der Waals surface area contributed by atoms with Gasteiger partial charge in [0.25, 0.3) is 0 Å². The predicted molar refractivity (Wildman–Crippen MR) is 105 cm³/mol. The molecule has 0 amide bonds. The molecular formula is C19H30FN3O2S. The van der Waals surface area contributed by atoms with Crippen molar-refractivity contribution in [3.8, 4) is 0 Å². The summed E-state index contributed by atoms with van der Waals surface area (Å²) >= 11 is 1.75. The monoisotopic (exact) mass is 383 g/mol. The number of nitrogens with zero attached hydrogens (tertiary/aromatic N) is 2. The van der Waals surface area contributed by atoms with Gasteiger partial charge in [0.2, 0.25) is 0 Å². The zero-order chi connectivity index (χ0) is 18.6. The van der Waals surface area contributed by atoms with Gasteiger partial charge in [-0.25, -0.2) is 4.39 Å². The Morgan fingerprint density at radius 2 is 2.15 bits per heavy atom. The number of halogens is 1. The molecule has 0 aliphatic carbocycles. The summed E-state index contributed by atoms with van der Waals surface area (Å²) in [7, 11) is 3.52. The maximum atomic E-state index is 12.9. The van der Waals surface area contributed by atoms with Crippen molar-refractivity contribution in [2.24, 2.45) is 10.9 Å². The van der Waals surface area contributed by atoms with Crippen molar-refractivity contribution in [3.05, 3.63) is 30.1 Å². The summed E-state index contributed by atoms with van der Waals surface area (Å²) in [4.78, 5) is 7.81. The molecule has 1 unspecified atom stereocenters. The molecule has 1 N–H and O–H groups in total. The zero-order valence-corrected chi connectivity index (χ0v) is 16.6. The molecule has 1 aromatic carbocycles. The van der Waals surface area contributed by atoms with Gasteiger partial charge >= 0.3 is 0 Å². The average molecular weight is 384 g/mol. The van der Waals surface area contributed by atoms with E-state index in [1.165, 1.54) is 12.1 Å². The first-order valence-corrected chi connectivity index (χ1v) is 10.1. The summed E-state index contributed by atoms with van der Waals surface area (Å²) in [6.07, 6.45) is 2.16. The van der Waals surface area contributed by atoms with Gasteiger partial charge in [0.1, 0.15) is 5.82 Å². The maximum absolute atomic E-state index is 12.9. The Hall–Kier alpha value is -1.31. The Kier molecular flexibility index (Phi) is 9.81. The SMILES string of the molecule is CN=C(NCCCSc1ccc(F)cc1)N1CCC(COCCOC)C1. The van der Waals surface area contributed by atoms with Gasteiger partial charge in [0, 0.05) is 44.6 Å². The van der Waals surface area contributed by atoms with E-state index < -0.39 is 0 Å². The second-order valence-electron chi connectivity index (χ2n) is 6.30. The van der Waals surface area contributed by atoms with E-state index in [1.54, 1.807) is 18.9 Å². The molecule has 0 radical (unpaired) electrons. The number of ether oxygens (including phenoxy) is 2. The molecule has 146 valence electrons. The number of aliphatic imine (C=N–C) groups is 1. The molecule has 0 saturated carbocycles. The van der Waals surface area contributed by atoms with Crippen LogP contribution in [0.3, 0.4) is 0 Å². The number of guanidine groups is 1. The second kappa shape index (κ2) is 12.1. The standard InChI is InChI=1S/C19H30FN3O2S/c1-21-19(23-10-8-16(14-23)15-25-12-11-24-2)22-9-3-13-26-18-6-4-17(20)5-7-18/h4-7,16H,3,8-15H2,1-2H3,(H,21,22). The summed E-state index contributed by atoms with van der Waals surface area (Å²) in [5.74, 6) is 2.33. The maximum Gasteiger partial charge on any atom is 0.193 e. The molecule has 1 aromatic rings. The lowest BCUT2D eigenvalue weighted by molar-refractivity contribution is 0.0536. The van der Waals surface area contributed by atoms with Crippen LogP contribution in [-0.2, 0) is 9.47 Å². The second-order valence-corrected chi connectivity index (χ2v) is 7.47. The summed E-state index contributed by atoms with van der Waals surface area (Å²) < 4.78 is 23.5. The highest BCUT2D eigenvalue weighted by molar-refractivity contribution is 7.99. The van der Waals surface area contributed by atoms with Gasteiger partial charge in [0.15, 0.2) is 5.96 Å². The fraction of sp³-hybridized carbons (Fsp3) is 0.632. The highest BCUT2D eigenvalue weighted by atomic mass is 32.2. The van der Waals surface area contributed by atoms with E-state index in [0.29, 0.717) is 19.1 Å². The fourth-order valence-electron chi connectivity index (χ4n) is 2.88. The molecule has 26 heavy (non-hydrogen) atoms. The normalized spacial score (nSPS) is 17.7. The van der Waals surface area contributed by atoms with Crippen molar-refractivity contribution in [2.75, 3.05) is 59.4 Å². The van der Waals surface area contributed by atoms with E-state index in [1.807, 2.05) is 19.2 Å². The van der Waals surface area contributed by atoms with E-state index in [4.69, 9.17) is 9.47 Å². The van der Waals surface area contributed by atoms with Crippen LogP contribution in [0.15, 0.2) is 34.2 Å². The molecule has 7 heteroatoms. The van der Waals surface area contributed by atoms with E-state index in [9.17, 15) is 4.39 Å². The minimum absolute atomic E-state index is 0.187. The van der Waals surface area contributed by atoms with Crippen LogP contribution < -0.4 is 5.32 Å². The van der Waals surface area contributed by atoms with Gasteiger partial charge in [-0.2, -0.15) is 0 Å². The summed E-state index contributed by atoms with van der Waals surface area (Å²) in [5.41, 5.74) is 0. The van der Waals surface area contributed by atoms with Crippen molar-refractivity contribution in [1.29, 1.82) is 0 Å². The molecule has 1 saturated heterocycles. The smallest absolute Gasteiger partial charge is 0.193 e. The van der Waals surface area contributed by atoms with Crippen molar-refractivity contribution >= 4 is 17.7 Å². The van der Waals surface area contributed by atoms with Gasteiger partial charge in [-0.15, -0.1) is 11.8 Å². The molecule has 2 rings (SSSR count). The Labute approximate surface area is 160 Å². The molecule has 0 spiro atoms. The Balaban J connectivity index is 1.59. The molecule has 1 aliphatic heterocycles. The van der Waals surface area contributed by atoms with Crippen LogP contribution in [0.4, 0.5) is 4.39 Å². The third kappa shape index (κ3) is 7.51. The minimum atomic E-state index is -0.187. The van der Waals surface area contributed by atoms with Gasteiger partial charge in [0.05, 0.1) is 19.8 Å². The van der Waals surface area contributed by atoms with E-state index in [-0.39, 0.29) is 5.82 Å². The van der Waals surface area contributed by atoms with E-state index in [2.05, 4.69) is 15.2 Å². The van der Waals surface area contributed by atoms with Crippen LogP contribution in [0.25, 0.3) is 0 Å². The number of benzene rings is 1. The number of thioether (sulfide) groups is 1. The number of methoxy groups -OCH3 is 1. The molecule has 1 atom stereocenters. The van der Waals surface area contributed by atoms with E-state index in [0.717, 1.165) is 55.7 Å². The minimum Gasteiger partial charge on any atom is -0.382 e. The zero-order valence-electron chi connectivity index (χ0n) is 15.7. The lowest BCUT2D eigenvalue weighted by Gasteiger charge is -2.21. The van der Waals surface area contributed by atoms with Crippen molar-refractivity contribution in [3.63, 3.8) is 0 Å². The highest BCUT2D eigenvalue weighted by Crippen LogP contribution is 2.19. The Morgan fingerprint density at radius 3 is 2.88 bits per heavy atom.